The van der Waals surface area contributed by atoms with E-state index in [-0.39, 0.29) is 18.0 Å². The van der Waals surface area contributed by atoms with E-state index in [0.29, 0.717) is 6.54 Å². The number of hydrogen-bond acceptors (Lipinski definition) is 4. The van der Waals surface area contributed by atoms with Gasteiger partial charge in [0.05, 0.1) is 10.7 Å². The first kappa shape index (κ1) is 15.8. The van der Waals surface area contributed by atoms with Gasteiger partial charge in [-0.3, -0.25) is 4.79 Å². The molecule has 6 nitrogen and oxygen atoms in total. The average Bonchev–Trinajstić information content (AvgIpc) is 2.85. The van der Waals surface area contributed by atoms with E-state index in [0.717, 1.165) is 43.1 Å². The fraction of sp³-hybridized carbons (Fsp3) is 0.643. The molecule has 1 aliphatic heterocycles. The number of rotatable bonds is 4. The van der Waals surface area contributed by atoms with Gasteiger partial charge in [0.15, 0.2) is 0 Å². The van der Waals surface area contributed by atoms with E-state index in [1.807, 2.05) is 17.2 Å². The quantitative estimate of drug-likeness (QED) is 0.880. The molecule has 0 atom stereocenters. The number of aromatic nitrogens is 1. The highest BCUT2D eigenvalue weighted by Crippen LogP contribution is 2.10. The van der Waals surface area contributed by atoms with Crippen LogP contribution in [0.2, 0.25) is 0 Å². The van der Waals surface area contributed by atoms with Gasteiger partial charge < -0.3 is 15.5 Å². The topological polar surface area (TPSA) is 74.3 Å². The van der Waals surface area contributed by atoms with Crippen LogP contribution in [-0.4, -0.2) is 47.5 Å². The lowest BCUT2D eigenvalue weighted by Crippen LogP contribution is -2.49. The number of amides is 3. The molecule has 0 radical (unpaired) electrons. The normalized spacial score (nSPS) is 15.8. The molecule has 1 fully saturated rings. The van der Waals surface area contributed by atoms with Crippen molar-refractivity contribution in [2.45, 2.75) is 39.2 Å². The van der Waals surface area contributed by atoms with E-state index < -0.39 is 0 Å². The molecule has 7 heteroatoms. The Balaban J connectivity index is 1.62. The van der Waals surface area contributed by atoms with Crippen LogP contribution in [0.1, 0.15) is 30.5 Å². The summed E-state index contributed by atoms with van der Waals surface area (Å²) >= 11 is 1.62. The zero-order chi connectivity index (χ0) is 15.2. The maximum absolute atomic E-state index is 11.8. The smallest absolute Gasteiger partial charge is 0.315 e. The van der Waals surface area contributed by atoms with Crippen LogP contribution in [0.5, 0.6) is 0 Å². The van der Waals surface area contributed by atoms with Crippen molar-refractivity contribution in [2.24, 2.45) is 0 Å². The molecular formula is C14H22N4O2S. The van der Waals surface area contributed by atoms with Crippen molar-refractivity contribution < 1.29 is 9.59 Å². The number of aryl methyl sites for hydroxylation is 1. The molecule has 0 spiro atoms. The molecule has 116 valence electrons. The van der Waals surface area contributed by atoms with Gasteiger partial charge in [0.2, 0.25) is 5.91 Å². The summed E-state index contributed by atoms with van der Waals surface area (Å²) in [7, 11) is 0. The lowest BCUT2D eigenvalue weighted by molar-refractivity contribution is -0.129. The van der Waals surface area contributed by atoms with Crippen LogP contribution in [0, 0.1) is 6.92 Å². The third-order valence-electron chi connectivity index (χ3n) is 3.61. The van der Waals surface area contributed by atoms with E-state index >= 15 is 0 Å². The number of nitrogens with zero attached hydrogens (tertiary/aromatic N) is 2. The van der Waals surface area contributed by atoms with Crippen molar-refractivity contribution in [2.75, 3.05) is 19.6 Å². The molecule has 1 aromatic heterocycles. The molecule has 1 saturated heterocycles. The molecule has 0 aromatic carbocycles. The SMILES string of the molecule is CC(=O)N1CCC(NC(=O)NCCc2csc(C)n2)CC1. The number of hydrogen-bond donors (Lipinski definition) is 2. The van der Waals surface area contributed by atoms with Gasteiger partial charge in [-0.1, -0.05) is 0 Å². The molecular weight excluding hydrogens is 288 g/mol. The average molecular weight is 310 g/mol. The molecule has 1 aromatic rings. The minimum Gasteiger partial charge on any atom is -0.343 e. The zero-order valence-electron chi connectivity index (χ0n) is 12.5. The van der Waals surface area contributed by atoms with E-state index in [1.54, 1.807) is 18.3 Å². The largest absolute Gasteiger partial charge is 0.343 e. The summed E-state index contributed by atoms with van der Waals surface area (Å²) in [5.74, 6) is 0.108. The second kappa shape index (κ2) is 7.40. The number of piperidine rings is 1. The van der Waals surface area contributed by atoms with Crippen LogP contribution < -0.4 is 10.6 Å². The third kappa shape index (κ3) is 5.00. The van der Waals surface area contributed by atoms with Crippen molar-refractivity contribution in [3.8, 4) is 0 Å². The Morgan fingerprint density at radius 2 is 2.14 bits per heavy atom. The van der Waals surface area contributed by atoms with Gasteiger partial charge >= 0.3 is 6.03 Å². The Kier molecular flexibility index (Phi) is 5.55. The van der Waals surface area contributed by atoms with Crippen LogP contribution in [0.3, 0.4) is 0 Å². The second-order valence-corrected chi connectivity index (χ2v) is 6.35. The third-order valence-corrected chi connectivity index (χ3v) is 4.43. The lowest BCUT2D eigenvalue weighted by atomic mass is 10.1. The number of likely N-dealkylation sites (tertiary alicyclic amines) is 1. The maximum atomic E-state index is 11.8. The Bertz CT molecular complexity index is 495. The molecule has 0 aliphatic carbocycles. The monoisotopic (exact) mass is 310 g/mol. The van der Waals surface area contributed by atoms with Gasteiger partial charge in [-0.15, -0.1) is 11.3 Å². The number of urea groups is 1. The van der Waals surface area contributed by atoms with Crippen molar-refractivity contribution in [3.63, 3.8) is 0 Å². The Labute approximate surface area is 128 Å². The molecule has 0 bridgehead atoms. The number of carbonyl (C=O) groups is 2. The number of carbonyl (C=O) groups excluding carboxylic acids is 2. The van der Waals surface area contributed by atoms with Gasteiger partial charge in [0.1, 0.15) is 0 Å². The van der Waals surface area contributed by atoms with E-state index in [4.69, 9.17) is 0 Å². The van der Waals surface area contributed by atoms with Gasteiger partial charge in [-0.05, 0) is 19.8 Å². The summed E-state index contributed by atoms with van der Waals surface area (Å²) in [5, 5.41) is 8.89. The number of thiazole rings is 1. The highest BCUT2D eigenvalue weighted by atomic mass is 32.1. The standard InChI is InChI=1S/C14H22N4O2S/c1-10-16-13(9-21-10)3-6-15-14(20)17-12-4-7-18(8-5-12)11(2)19/h9,12H,3-8H2,1-2H3,(H2,15,17,20). The summed E-state index contributed by atoms with van der Waals surface area (Å²) in [6.45, 7) is 5.58. The van der Waals surface area contributed by atoms with Gasteiger partial charge in [-0.2, -0.15) is 0 Å². The number of nitrogens with one attached hydrogen (secondary N) is 2. The molecule has 21 heavy (non-hydrogen) atoms. The fourth-order valence-corrected chi connectivity index (χ4v) is 3.05. The maximum Gasteiger partial charge on any atom is 0.315 e. The van der Waals surface area contributed by atoms with Gasteiger partial charge in [-0.25, -0.2) is 9.78 Å². The predicted octanol–water partition coefficient (Wildman–Crippen LogP) is 1.30. The summed E-state index contributed by atoms with van der Waals surface area (Å²) in [5.41, 5.74) is 1.02. The minimum atomic E-state index is -0.136. The van der Waals surface area contributed by atoms with E-state index in [1.165, 1.54) is 0 Å². The minimum absolute atomic E-state index is 0.108. The van der Waals surface area contributed by atoms with Crippen LogP contribution in [0.25, 0.3) is 0 Å². The Morgan fingerprint density at radius 3 is 2.71 bits per heavy atom. The molecule has 0 saturated carbocycles. The molecule has 2 rings (SSSR count). The fourth-order valence-electron chi connectivity index (χ4n) is 2.40. The molecule has 2 heterocycles. The van der Waals surface area contributed by atoms with Crippen LogP contribution >= 0.6 is 11.3 Å². The highest BCUT2D eigenvalue weighted by molar-refractivity contribution is 7.09. The van der Waals surface area contributed by atoms with Crippen molar-refractivity contribution in [1.29, 1.82) is 0 Å². The molecule has 3 amide bonds. The summed E-state index contributed by atoms with van der Waals surface area (Å²) in [6, 6.07) is 0.0188. The first-order valence-electron chi connectivity index (χ1n) is 7.25. The van der Waals surface area contributed by atoms with Gasteiger partial charge in [0.25, 0.3) is 0 Å². The van der Waals surface area contributed by atoms with E-state index in [2.05, 4.69) is 15.6 Å². The highest BCUT2D eigenvalue weighted by Gasteiger charge is 2.21. The molecule has 2 N–H and O–H groups in total. The Morgan fingerprint density at radius 1 is 1.43 bits per heavy atom. The summed E-state index contributed by atoms with van der Waals surface area (Å²) < 4.78 is 0. The summed E-state index contributed by atoms with van der Waals surface area (Å²) in [4.78, 5) is 29.2. The Hall–Kier alpha value is -1.63. The first-order valence-corrected chi connectivity index (χ1v) is 8.13. The van der Waals surface area contributed by atoms with Crippen molar-refractivity contribution in [3.05, 3.63) is 16.1 Å². The molecule has 0 unspecified atom stereocenters. The zero-order valence-corrected chi connectivity index (χ0v) is 13.3. The summed E-state index contributed by atoms with van der Waals surface area (Å²) in [6.07, 6.45) is 2.39. The second-order valence-electron chi connectivity index (χ2n) is 5.29. The van der Waals surface area contributed by atoms with E-state index in [9.17, 15) is 9.59 Å². The predicted molar refractivity (Wildman–Crippen MR) is 82.4 cm³/mol. The first-order chi connectivity index (χ1) is 10.0. The van der Waals surface area contributed by atoms with Crippen LogP contribution in [-0.2, 0) is 11.2 Å². The van der Waals surface area contributed by atoms with Crippen LogP contribution in [0.15, 0.2) is 5.38 Å². The van der Waals surface area contributed by atoms with Crippen molar-refractivity contribution in [1.82, 2.24) is 20.5 Å². The van der Waals surface area contributed by atoms with Crippen LogP contribution in [0.4, 0.5) is 4.79 Å². The molecule has 1 aliphatic rings. The lowest BCUT2D eigenvalue weighted by Gasteiger charge is -2.31. The van der Waals surface area contributed by atoms with Crippen molar-refractivity contribution >= 4 is 23.3 Å². The van der Waals surface area contributed by atoms with Gasteiger partial charge in [0, 0.05) is 44.4 Å².